The number of benzene rings is 8. The van der Waals surface area contributed by atoms with Gasteiger partial charge >= 0.3 is 0 Å². The van der Waals surface area contributed by atoms with Crippen molar-refractivity contribution in [3.05, 3.63) is 230 Å². The molecule has 0 atom stereocenters. The van der Waals surface area contributed by atoms with E-state index in [0.717, 1.165) is 101 Å². The van der Waals surface area contributed by atoms with Gasteiger partial charge in [0.05, 0.1) is 22.8 Å². The molecule has 5 nitrogen and oxygen atoms in total. The van der Waals surface area contributed by atoms with E-state index in [1.165, 1.54) is 0 Å². The number of rotatable bonds is 8. The third kappa shape index (κ3) is 7.23. The van der Waals surface area contributed by atoms with Gasteiger partial charge < -0.3 is 4.74 Å². The Morgan fingerprint density at radius 1 is 0.297 bits per heavy atom. The zero-order chi connectivity index (χ0) is 43.0. The van der Waals surface area contributed by atoms with Crippen LogP contribution in [0.3, 0.4) is 0 Å². The van der Waals surface area contributed by atoms with Gasteiger partial charge in [-0.25, -0.2) is 19.9 Å². The minimum absolute atomic E-state index is 0.319. The first kappa shape index (κ1) is 38.6. The van der Waals surface area contributed by atoms with Crippen LogP contribution in [0.15, 0.2) is 218 Å². The Kier molecular flexibility index (Phi) is 9.78. The van der Waals surface area contributed by atoms with Gasteiger partial charge in [0.1, 0.15) is 11.5 Å². The molecule has 10 aromatic rings. The highest BCUT2D eigenvalue weighted by Crippen LogP contribution is 2.54. The van der Waals surface area contributed by atoms with Crippen LogP contribution in [0.4, 0.5) is 0 Å². The maximum atomic E-state index is 7.13. The van der Waals surface area contributed by atoms with Crippen molar-refractivity contribution in [1.82, 2.24) is 19.9 Å². The van der Waals surface area contributed by atoms with Crippen molar-refractivity contribution < 1.29 is 4.74 Å². The lowest BCUT2D eigenvalue weighted by molar-refractivity contribution is 0.421. The molecule has 304 valence electrons. The average Bonchev–Trinajstić information content (AvgIpc) is 3.37. The molecule has 11 rings (SSSR count). The van der Waals surface area contributed by atoms with Gasteiger partial charge in [0, 0.05) is 61.0 Å². The Morgan fingerprint density at radius 2 is 0.594 bits per heavy atom. The molecular weight excluding hydrogens is 781 g/mol. The summed E-state index contributed by atoms with van der Waals surface area (Å²) in [4.78, 5) is 20.1. The summed E-state index contributed by atoms with van der Waals surface area (Å²) in [7, 11) is 0. The zero-order valence-corrected chi connectivity index (χ0v) is 35.5. The minimum Gasteiger partial charge on any atom is -0.455 e. The van der Waals surface area contributed by atoms with Crippen molar-refractivity contribution in [2.45, 2.75) is 19.3 Å². The van der Waals surface area contributed by atoms with Gasteiger partial charge in [0.2, 0.25) is 0 Å². The Morgan fingerprint density at radius 3 is 0.938 bits per heavy atom. The summed E-state index contributed by atoms with van der Waals surface area (Å²) in [5, 5.41) is 0. The fourth-order valence-electron chi connectivity index (χ4n) is 8.76. The maximum absolute atomic E-state index is 7.13. The van der Waals surface area contributed by atoms with E-state index in [2.05, 4.69) is 159 Å². The van der Waals surface area contributed by atoms with Gasteiger partial charge in [-0.15, -0.1) is 0 Å². The first-order chi connectivity index (χ1) is 31.5. The molecule has 0 spiro atoms. The molecule has 8 aromatic carbocycles. The molecule has 2 aromatic heterocycles. The zero-order valence-electron chi connectivity index (χ0n) is 35.5. The Labute approximate surface area is 373 Å². The van der Waals surface area contributed by atoms with E-state index in [-0.39, 0.29) is 5.41 Å². The monoisotopic (exact) mass is 822 g/mol. The molecule has 0 unspecified atom stereocenters. The summed E-state index contributed by atoms with van der Waals surface area (Å²) in [6, 6.07) is 75.4. The molecular formula is C59H42N4O. The van der Waals surface area contributed by atoms with Gasteiger partial charge in [-0.05, 0) is 23.3 Å². The van der Waals surface area contributed by atoms with Crippen molar-refractivity contribution in [2.24, 2.45) is 0 Å². The van der Waals surface area contributed by atoms with E-state index in [1.807, 2.05) is 72.8 Å². The van der Waals surface area contributed by atoms with Crippen LogP contribution < -0.4 is 4.74 Å². The van der Waals surface area contributed by atoms with Crippen LogP contribution in [0, 0.1) is 0 Å². The second-order valence-corrected chi connectivity index (χ2v) is 16.6. The van der Waals surface area contributed by atoms with E-state index in [9.17, 15) is 0 Å². The molecule has 0 bridgehead atoms. The molecule has 0 aliphatic carbocycles. The summed E-state index contributed by atoms with van der Waals surface area (Å²) in [5.41, 5.74) is 15.8. The summed E-state index contributed by atoms with van der Waals surface area (Å²) >= 11 is 0. The van der Waals surface area contributed by atoms with E-state index in [4.69, 9.17) is 24.7 Å². The third-order valence-corrected chi connectivity index (χ3v) is 12.2. The van der Waals surface area contributed by atoms with E-state index >= 15 is 0 Å². The first-order valence-electron chi connectivity index (χ1n) is 21.6. The van der Waals surface area contributed by atoms with Crippen molar-refractivity contribution >= 4 is 0 Å². The normalized spacial score (nSPS) is 12.5. The molecule has 0 fully saturated rings. The van der Waals surface area contributed by atoms with Gasteiger partial charge in [0.25, 0.3) is 0 Å². The maximum Gasteiger partial charge on any atom is 0.160 e. The van der Waals surface area contributed by atoms with Crippen LogP contribution in [-0.4, -0.2) is 19.9 Å². The minimum atomic E-state index is -0.319. The number of ether oxygens (including phenoxy) is 1. The van der Waals surface area contributed by atoms with Crippen LogP contribution in [0.25, 0.3) is 90.1 Å². The summed E-state index contributed by atoms with van der Waals surface area (Å²) in [5.74, 6) is 3.14. The number of aromatic nitrogens is 4. The first-order valence-corrected chi connectivity index (χ1v) is 21.6. The van der Waals surface area contributed by atoms with Crippen molar-refractivity contribution in [3.8, 4) is 102 Å². The Bertz CT molecular complexity index is 2940. The lowest BCUT2D eigenvalue weighted by Crippen LogP contribution is -2.25. The number of hydrogen-bond acceptors (Lipinski definition) is 5. The van der Waals surface area contributed by atoms with Gasteiger partial charge in [0.15, 0.2) is 11.6 Å². The van der Waals surface area contributed by atoms with E-state index in [0.29, 0.717) is 11.6 Å². The number of nitrogens with zero attached hydrogens (tertiary/aromatic N) is 4. The van der Waals surface area contributed by atoms with Crippen molar-refractivity contribution in [3.63, 3.8) is 0 Å². The topological polar surface area (TPSA) is 60.8 Å². The SMILES string of the molecule is CC1(C)c2cccc(-c3ccc(-c4cc(-c5ccccc5)nc(-c5ccccc5)n4)cc3)c2Oc2c(-c3ccc(-c4cc(-c5ccccc5)nc(-c5ccccc5)n4)cc3)cccc21. The second kappa shape index (κ2) is 16.2. The van der Waals surface area contributed by atoms with Gasteiger partial charge in [-0.1, -0.05) is 220 Å². The number of fused-ring (bicyclic) bond motifs is 2. The van der Waals surface area contributed by atoms with Crippen LogP contribution in [0.5, 0.6) is 11.5 Å². The molecule has 5 heteroatoms. The third-order valence-electron chi connectivity index (χ3n) is 12.2. The smallest absolute Gasteiger partial charge is 0.160 e. The fraction of sp³-hybridized carbons (Fsp3) is 0.0508. The number of para-hydroxylation sites is 2. The quantitative estimate of drug-likeness (QED) is 0.153. The van der Waals surface area contributed by atoms with Crippen LogP contribution in [0.2, 0.25) is 0 Å². The molecule has 3 heterocycles. The van der Waals surface area contributed by atoms with Crippen molar-refractivity contribution in [2.75, 3.05) is 0 Å². The van der Waals surface area contributed by atoms with Gasteiger partial charge in [-0.3, -0.25) is 0 Å². The number of hydrogen-bond donors (Lipinski definition) is 0. The largest absolute Gasteiger partial charge is 0.455 e. The highest BCUT2D eigenvalue weighted by Gasteiger charge is 2.37. The molecule has 0 saturated heterocycles. The Hall–Kier alpha value is -8.28. The Balaban J connectivity index is 0.937. The lowest BCUT2D eigenvalue weighted by Gasteiger charge is -2.36. The highest BCUT2D eigenvalue weighted by atomic mass is 16.5. The highest BCUT2D eigenvalue weighted by molar-refractivity contribution is 5.83. The lowest BCUT2D eigenvalue weighted by atomic mass is 9.74. The molecule has 0 amide bonds. The van der Waals surface area contributed by atoms with Crippen LogP contribution in [0.1, 0.15) is 25.0 Å². The second-order valence-electron chi connectivity index (χ2n) is 16.6. The van der Waals surface area contributed by atoms with Crippen LogP contribution >= 0.6 is 0 Å². The predicted octanol–water partition coefficient (Wildman–Crippen LogP) is 15.0. The van der Waals surface area contributed by atoms with Crippen LogP contribution in [-0.2, 0) is 5.41 Å². The average molecular weight is 823 g/mol. The molecule has 1 aliphatic rings. The van der Waals surface area contributed by atoms with Gasteiger partial charge in [-0.2, -0.15) is 0 Å². The predicted molar refractivity (Wildman–Crippen MR) is 260 cm³/mol. The summed E-state index contributed by atoms with van der Waals surface area (Å²) in [6.45, 7) is 4.58. The summed E-state index contributed by atoms with van der Waals surface area (Å²) < 4.78 is 7.13. The fourth-order valence-corrected chi connectivity index (χ4v) is 8.76. The van der Waals surface area contributed by atoms with E-state index in [1.54, 1.807) is 0 Å². The molecule has 0 radical (unpaired) electrons. The molecule has 0 N–H and O–H groups in total. The van der Waals surface area contributed by atoms with Crippen molar-refractivity contribution in [1.29, 1.82) is 0 Å². The molecule has 1 aliphatic heterocycles. The molecule has 64 heavy (non-hydrogen) atoms. The summed E-state index contributed by atoms with van der Waals surface area (Å²) in [6.07, 6.45) is 0. The standard InChI is InChI=1S/C59H42N4O/c1-59(2)49-27-15-25-47(39-29-33-43(34-30-39)53-37-51(41-17-7-3-8-18-41)60-57(62-53)45-21-11-5-12-22-45)55(49)64-56-48(26-16-28-50(56)59)40-31-35-44(36-32-40)54-38-52(42-19-9-4-10-20-42)61-58(63-54)46-23-13-6-14-24-46/h3-38H,1-2H3. The molecule has 0 saturated carbocycles. The van der Waals surface area contributed by atoms with E-state index < -0.39 is 0 Å².